The molecule has 0 aliphatic rings. The molecule has 0 amide bonds. The van der Waals surface area contributed by atoms with E-state index in [0.29, 0.717) is 5.92 Å². The average Bonchev–Trinajstić information content (AvgIpc) is 2.33. The first kappa shape index (κ1) is 16.0. The summed E-state index contributed by atoms with van der Waals surface area (Å²) in [7, 11) is 0. The highest BCUT2D eigenvalue weighted by Crippen LogP contribution is 2.22. The molecule has 0 fully saturated rings. The fourth-order valence-corrected chi connectivity index (χ4v) is 1.77. The fourth-order valence-electron chi connectivity index (χ4n) is 1.77. The topological polar surface area (TPSA) is 35.2 Å². The molecular formula is C17H29NO. The van der Waals surface area contributed by atoms with Crippen LogP contribution in [-0.2, 0) is 6.42 Å². The zero-order valence-electron chi connectivity index (χ0n) is 13.1. The molecule has 2 N–H and O–H groups in total. The molecule has 0 radical (unpaired) electrons. The summed E-state index contributed by atoms with van der Waals surface area (Å²) in [6.07, 6.45) is 2.05. The number of hydrogen-bond donors (Lipinski definition) is 1. The number of nitrogens with two attached hydrogens (primary N) is 1. The van der Waals surface area contributed by atoms with Crippen LogP contribution in [0.3, 0.4) is 0 Å². The molecule has 0 aromatic heterocycles. The van der Waals surface area contributed by atoms with Crippen LogP contribution in [0.2, 0.25) is 0 Å². The molecule has 2 nitrogen and oxygen atoms in total. The zero-order valence-corrected chi connectivity index (χ0v) is 13.1. The molecule has 0 saturated carbocycles. The Kier molecular flexibility index (Phi) is 5.86. The van der Waals surface area contributed by atoms with Crippen LogP contribution in [0.15, 0.2) is 24.3 Å². The van der Waals surface area contributed by atoms with Crippen LogP contribution in [0, 0.1) is 11.3 Å². The first-order valence-corrected chi connectivity index (χ1v) is 7.26. The van der Waals surface area contributed by atoms with E-state index in [-0.39, 0.29) is 11.5 Å². The number of rotatable bonds is 6. The monoisotopic (exact) mass is 263 g/mol. The number of ether oxygens (including phenoxy) is 1. The summed E-state index contributed by atoms with van der Waals surface area (Å²) in [5.41, 5.74) is 7.70. The van der Waals surface area contributed by atoms with Crippen LogP contribution in [0.25, 0.3) is 0 Å². The maximum Gasteiger partial charge on any atom is 0.119 e. The summed E-state index contributed by atoms with van der Waals surface area (Å²) in [5.74, 6) is 1.52. The van der Waals surface area contributed by atoms with Crippen LogP contribution < -0.4 is 10.5 Å². The molecule has 1 unspecified atom stereocenters. The second-order valence-corrected chi connectivity index (χ2v) is 6.86. The van der Waals surface area contributed by atoms with E-state index < -0.39 is 0 Å². The van der Waals surface area contributed by atoms with Gasteiger partial charge in [0.05, 0.1) is 6.61 Å². The quantitative estimate of drug-likeness (QED) is 0.841. The van der Waals surface area contributed by atoms with Gasteiger partial charge >= 0.3 is 0 Å². The van der Waals surface area contributed by atoms with Crippen LogP contribution >= 0.6 is 0 Å². The van der Waals surface area contributed by atoms with Gasteiger partial charge in [-0.15, -0.1) is 0 Å². The Hall–Kier alpha value is -1.02. The minimum Gasteiger partial charge on any atom is -0.493 e. The molecule has 0 bridgehead atoms. The van der Waals surface area contributed by atoms with Gasteiger partial charge < -0.3 is 10.5 Å². The van der Waals surface area contributed by atoms with Crippen molar-refractivity contribution in [1.29, 1.82) is 0 Å². The summed E-state index contributed by atoms with van der Waals surface area (Å²) in [6.45, 7) is 11.7. The van der Waals surface area contributed by atoms with E-state index in [1.54, 1.807) is 0 Å². The van der Waals surface area contributed by atoms with Crippen molar-refractivity contribution in [2.75, 3.05) is 6.61 Å². The van der Waals surface area contributed by atoms with E-state index in [9.17, 15) is 0 Å². The number of aryl methyl sites for hydroxylation is 1. The van der Waals surface area contributed by atoms with Crippen LogP contribution in [0.5, 0.6) is 5.75 Å². The lowest BCUT2D eigenvalue weighted by Crippen LogP contribution is -2.35. The predicted molar refractivity (Wildman–Crippen MR) is 82.5 cm³/mol. The maximum absolute atomic E-state index is 6.18. The predicted octanol–water partition coefficient (Wildman–Crippen LogP) is 4.03. The van der Waals surface area contributed by atoms with Crippen molar-refractivity contribution in [3.8, 4) is 5.75 Å². The molecule has 0 saturated heterocycles. The Bertz CT molecular complexity index is 362. The zero-order chi connectivity index (χ0) is 14.5. The molecule has 0 heterocycles. The first-order chi connectivity index (χ1) is 8.79. The van der Waals surface area contributed by atoms with Crippen molar-refractivity contribution >= 4 is 0 Å². The van der Waals surface area contributed by atoms with Gasteiger partial charge in [0.1, 0.15) is 5.75 Å². The van der Waals surface area contributed by atoms with Crippen molar-refractivity contribution in [2.45, 2.75) is 53.5 Å². The highest BCUT2D eigenvalue weighted by atomic mass is 16.5. The van der Waals surface area contributed by atoms with E-state index in [4.69, 9.17) is 10.5 Å². The van der Waals surface area contributed by atoms with Crippen LogP contribution in [0.4, 0.5) is 0 Å². The molecule has 1 aromatic carbocycles. The van der Waals surface area contributed by atoms with Crippen molar-refractivity contribution in [1.82, 2.24) is 0 Å². The lowest BCUT2D eigenvalue weighted by atomic mass is 9.84. The Morgan fingerprint density at radius 3 is 2.16 bits per heavy atom. The van der Waals surface area contributed by atoms with Crippen molar-refractivity contribution in [3.63, 3.8) is 0 Å². The number of benzene rings is 1. The van der Waals surface area contributed by atoms with Crippen molar-refractivity contribution in [3.05, 3.63) is 29.8 Å². The van der Waals surface area contributed by atoms with E-state index >= 15 is 0 Å². The summed E-state index contributed by atoms with van der Waals surface area (Å²) < 4.78 is 5.68. The standard InChI is InChI=1S/C17H29NO/c1-13(2)12-19-15-9-6-14(7-10-15)8-11-16(18)17(3,4)5/h6-7,9-10,13,16H,8,11-12,18H2,1-5H3. The highest BCUT2D eigenvalue weighted by Gasteiger charge is 2.19. The third-order valence-corrected chi connectivity index (χ3v) is 3.36. The normalized spacial score (nSPS) is 13.6. The van der Waals surface area contributed by atoms with Crippen LogP contribution in [0.1, 0.15) is 46.6 Å². The molecule has 0 spiro atoms. The van der Waals surface area contributed by atoms with E-state index in [0.717, 1.165) is 25.2 Å². The lowest BCUT2D eigenvalue weighted by Gasteiger charge is -2.27. The lowest BCUT2D eigenvalue weighted by molar-refractivity contribution is 0.271. The van der Waals surface area contributed by atoms with Gasteiger partial charge in [0, 0.05) is 6.04 Å². The van der Waals surface area contributed by atoms with Gasteiger partial charge in [-0.25, -0.2) is 0 Å². The highest BCUT2D eigenvalue weighted by molar-refractivity contribution is 5.27. The summed E-state index contributed by atoms with van der Waals surface area (Å²) in [5, 5.41) is 0. The first-order valence-electron chi connectivity index (χ1n) is 7.26. The van der Waals surface area contributed by atoms with Crippen LogP contribution in [-0.4, -0.2) is 12.6 Å². The fraction of sp³-hybridized carbons (Fsp3) is 0.647. The van der Waals surface area contributed by atoms with Gasteiger partial charge in [0.2, 0.25) is 0 Å². The van der Waals surface area contributed by atoms with E-state index in [1.165, 1.54) is 5.56 Å². The number of hydrogen-bond acceptors (Lipinski definition) is 2. The van der Waals surface area contributed by atoms with Crippen molar-refractivity contribution in [2.24, 2.45) is 17.1 Å². The third-order valence-electron chi connectivity index (χ3n) is 3.36. The van der Waals surface area contributed by atoms with E-state index in [1.807, 2.05) is 0 Å². The molecule has 19 heavy (non-hydrogen) atoms. The average molecular weight is 263 g/mol. The van der Waals surface area contributed by atoms with Gasteiger partial charge in [0.25, 0.3) is 0 Å². The third kappa shape index (κ3) is 6.11. The molecule has 108 valence electrons. The second-order valence-electron chi connectivity index (χ2n) is 6.86. The van der Waals surface area contributed by atoms with Gasteiger partial charge in [-0.2, -0.15) is 0 Å². The van der Waals surface area contributed by atoms with E-state index in [2.05, 4.69) is 58.9 Å². The molecule has 0 aliphatic carbocycles. The van der Waals surface area contributed by atoms with Gasteiger partial charge in [-0.3, -0.25) is 0 Å². The largest absolute Gasteiger partial charge is 0.493 e. The summed E-state index contributed by atoms with van der Waals surface area (Å²) in [6, 6.07) is 8.64. The van der Waals surface area contributed by atoms with Gasteiger partial charge in [-0.1, -0.05) is 46.8 Å². The molecular weight excluding hydrogens is 234 g/mol. The molecule has 1 rings (SSSR count). The maximum atomic E-state index is 6.18. The smallest absolute Gasteiger partial charge is 0.119 e. The second kappa shape index (κ2) is 6.95. The summed E-state index contributed by atoms with van der Waals surface area (Å²) in [4.78, 5) is 0. The molecule has 0 aliphatic heterocycles. The minimum absolute atomic E-state index is 0.181. The minimum atomic E-state index is 0.181. The Labute approximate surface area is 118 Å². The Morgan fingerprint density at radius 2 is 1.68 bits per heavy atom. The van der Waals surface area contributed by atoms with Crippen molar-refractivity contribution < 1.29 is 4.74 Å². The summed E-state index contributed by atoms with van der Waals surface area (Å²) >= 11 is 0. The Balaban J connectivity index is 2.44. The molecule has 2 heteroatoms. The van der Waals surface area contributed by atoms with Gasteiger partial charge in [0.15, 0.2) is 0 Å². The van der Waals surface area contributed by atoms with Gasteiger partial charge in [-0.05, 0) is 41.9 Å². The molecule has 1 atom stereocenters. The Morgan fingerprint density at radius 1 is 1.11 bits per heavy atom. The SMILES string of the molecule is CC(C)COc1ccc(CCC(N)C(C)(C)C)cc1. The molecule has 1 aromatic rings.